The number of hydrogen-bond acceptors (Lipinski definition) is 11. The summed E-state index contributed by atoms with van der Waals surface area (Å²) in [5.74, 6) is 0.289. The molecule has 0 aliphatic carbocycles. The quantitative estimate of drug-likeness (QED) is 0.193. The van der Waals surface area contributed by atoms with E-state index in [9.17, 15) is 14.7 Å². The Morgan fingerprint density at radius 3 is 2.52 bits per heavy atom. The van der Waals surface area contributed by atoms with Gasteiger partial charge in [-0.1, -0.05) is 35.5 Å². The summed E-state index contributed by atoms with van der Waals surface area (Å²) in [6.07, 6.45) is 4.75. The number of hydrogen-bond donors (Lipinski definition) is 2. The summed E-state index contributed by atoms with van der Waals surface area (Å²) in [5.41, 5.74) is 2.99. The molecular formula is C36H43ClN6O6S. The second kappa shape index (κ2) is 14.4. The summed E-state index contributed by atoms with van der Waals surface area (Å²) >= 11 is 8.27. The lowest BCUT2D eigenvalue weighted by atomic mass is 9.73. The van der Waals surface area contributed by atoms with Gasteiger partial charge < -0.3 is 33.9 Å². The lowest BCUT2D eigenvalue weighted by Gasteiger charge is -2.43. The Labute approximate surface area is 300 Å². The number of piperidine rings is 1. The second-order valence-corrected chi connectivity index (χ2v) is 15.2. The number of ether oxygens (including phenoxy) is 3. The molecule has 2 fully saturated rings. The van der Waals surface area contributed by atoms with Gasteiger partial charge in [-0.15, -0.1) is 0 Å². The van der Waals surface area contributed by atoms with Gasteiger partial charge in [0.15, 0.2) is 11.5 Å². The van der Waals surface area contributed by atoms with Crippen molar-refractivity contribution < 1.29 is 28.9 Å². The van der Waals surface area contributed by atoms with Gasteiger partial charge in [0, 0.05) is 41.4 Å². The zero-order valence-corrected chi connectivity index (χ0v) is 30.7. The van der Waals surface area contributed by atoms with E-state index in [0.717, 1.165) is 23.3 Å². The van der Waals surface area contributed by atoms with E-state index in [1.165, 1.54) is 11.8 Å². The number of rotatable bonds is 8. The van der Waals surface area contributed by atoms with Gasteiger partial charge in [0.2, 0.25) is 0 Å². The number of aliphatic hydroxyl groups is 1. The summed E-state index contributed by atoms with van der Waals surface area (Å²) in [5, 5.41) is 14.6. The first-order chi connectivity index (χ1) is 23.8. The fraction of sp³-hybridized carbons (Fsp3) is 0.472. The van der Waals surface area contributed by atoms with Crippen molar-refractivity contribution in [1.82, 2.24) is 24.7 Å². The Kier molecular flexibility index (Phi) is 10.3. The first-order valence-electron chi connectivity index (χ1n) is 16.8. The smallest absolute Gasteiger partial charge is 0.407 e. The monoisotopic (exact) mass is 722 g/mol. The van der Waals surface area contributed by atoms with Gasteiger partial charge in [-0.25, -0.2) is 24.5 Å². The minimum Gasteiger partial charge on any atom is -0.462 e. The summed E-state index contributed by atoms with van der Waals surface area (Å²) < 4.78 is 18.5. The van der Waals surface area contributed by atoms with Crippen LogP contribution in [0.15, 0.2) is 52.6 Å². The first kappa shape index (κ1) is 35.9. The molecule has 3 aromatic heterocycles. The number of anilines is 1. The average molecular weight is 723 g/mol. The van der Waals surface area contributed by atoms with Gasteiger partial charge in [-0.2, -0.15) is 0 Å². The van der Waals surface area contributed by atoms with Crippen molar-refractivity contribution in [3.05, 3.63) is 64.7 Å². The minimum absolute atomic E-state index is 0.135. The number of aliphatic hydroxyl groups excluding tert-OH is 1. The van der Waals surface area contributed by atoms with Crippen LogP contribution in [-0.4, -0.2) is 80.6 Å². The Morgan fingerprint density at radius 1 is 1.14 bits per heavy atom. The highest BCUT2D eigenvalue weighted by Crippen LogP contribution is 2.44. The molecule has 0 unspecified atom stereocenters. The highest BCUT2D eigenvalue weighted by Gasteiger charge is 2.50. The van der Waals surface area contributed by atoms with Gasteiger partial charge in [-0.05, 0) is 72.6 Å². The molecular weight excluding hydrogens is 680 g/mol. The second-order valence-electron chi connectivity index (χ2n) is 13.8. The molecule has 2 aliphatic heterocycles. The normalized spacial score (nSPS) is 18.8. The number of carbonyl (C=O) groups is 2. The van der Waals surface area contributed by atoms with Crippen molar-refractivity contribution >= 4 is 46.9 Å². The van der Waals surface area contributed by atoms with Gasteiger partial charge in [0.05, 0.1) is 53.9 Å². The van der Waals surface area contributed by atoms with E-state index in [4.69, 9.17) is 40.8 Å². The topological polar surface area (TPSA) is 140 Å². The zero-order valence-electron chi connectivity index (χ0n) is 29.2. The van der Waals surface area contributed by atoms with Gasteiger partial charge >= 0.3 is 12.1 Å². The SMILES string of the molecule is CCOC(=O)c1ccc(-c2cn3ccc(Sc4nc(CO)c(N5CCC6(CC5)CO[C@@H](C)[C@H]6NC(=O)OC(C)(C)C)nc4C)c(Cl)c3n2)cc1. The van der Waals surface area contributed by atoms with Gasteiger partial charge in [0.1, 0.15) is 16.3 Å². The predicted molar refractivity (Wildman–Crippen MR) is 191 cm³/mol. The highest BCUT2D eigenvalue weighted by atomic mass is 35.5. The number of benzene rings is 1. The van der Waals surface area contributed by atoms with Crippen LogP contribution in [0.5, 0.6) is 0 Å². The van der Waals surface area contributed by atoms with Crippen LogP contribution in [0.2, 0.25) is 5.02 Å². The molecule has 4 aromatic rings. The molecule has 6 rings (SSSR count). The molecule has 0 bridgehead atoms. The van der Waals surface area contributed by atoms with E-state index in [2.05, 4.69) is 10.2 Å². The van der Waals surface area contributed by atoms with Crippen LogP contribution in [0.1, 0.15) is 69.2 Å². The Morgan fingerprint density at radius 2 is 1.86 bits per heavy atom. The minimum atomic E-state index is -0.589. The highest BCUT2D eigenvalue weighted by molar-refractivity contribution is 7.99. The number of halogens is 1. The van der Waals surface area contributed by atoms with Crippen LogP contribution in [0.4, 0.5) is 10.6 Å². The van der Waals surface area contributed by atoms with E-state index in [1.807, 2.05) is 69.6 Å². The predicted octanol–water partition coefficient (Wildman–Crippen LogP) is 6.47. The maximum atomic E-state index is 12.7. The summed E-state index contributed by atoms with van der Waals surface area (Å²) in [6, 6.07) is 8.83. The van der Waals surface area contributed by atoms with E-state index < -0.39 is 11.7 Å². The molecule has 2 aliphatic rings. The lowest BCUT2D eigenvalue weighted by molar-refractivity contribution is 0.0433. The number of pyridine rings is 1. The number of aromatic nitrogens is 4. The fourth-order valence-electron chi connectivity index (χ4n) is 6.60. The molecule has 2 atom stereocenters. The van der Waals surface area contributed by atoms with Crippen molar-refractivity contribution in [2.45, 2.75) is 88.7 Å². The van der Waals surface area contributed by atoms with Gasteiger partial charge in [0.25, 0.3) is 0 Å². The number of fused-ring (bicyclic) bond motifs is 1. The number of nitrogens with one attached hydrogen (secondary N) is 1. The van der Waals surface area contributed by atoms with Crippen molar-refractivity contribution in [1.29, 1.82) is 0 Å². The molecule has 266 valence electrons. The molecule has 50 heavy (non-hydrogen) atoms. The van der Waals surface area contributed by atoms with Crippen LogP contribution in [-0.2, 0) is 20.8 Å². The van der Waals surface area contributed by atoms with E-state index in [0.29, 0.717) is 70.5 Å². The van der Waals surface area contributed by atoms with E-state index in [1.54, 1.807) is 19.1 Å². The van der Waals surface area contributed by atoms with Crippen LogP contribution in [0.25, 0.3) is 16.9 Å². The largest absolute Gasteiger partial charge is 0.462 e. The zero-order chi connectivity index (χ0) is 35.8. The molecule has 14 heteroatoms. The molecule has 1 amide bonds. The van der Waals surface area contributed by atoms with Crippen molar-refractivity contribution in [3.8, 4) is 11.3 Å². The van der Waals surface area contributed by atoms with Crippen LogP contribution >= 0.6 is 23.4 Å². The van der Waals surface area contributed by atoms with E-state index >= 15 is 0 Å². The third-order valence-electron chi connectivity index (χ3n) is 9.15. The number of alkyl carbamates (subject to hydrolysis) is 1. The maximum Gasteiger partial charge on any atom is 0.407 e. The van der Waals surface area contributed by atoms with E-state index in [-0.39, 0.29) is 30.1 Å². The first-order valence-corrected chi connectivity index (χ1v) is 18.0. The number of amides is 1. The molecule has 2 N–H and O–H groups in total. The molecule has 1 spiro atoms. The van der Waals surface area contributed by atoms with Gasteiger partial charge in [-0.3, -0.25) is 0 Å². The molecule has 0 radical (unpaired) electrons. The van der Waals surface area contributed by atoms with Crippen LogP contribution in [0, 0.1) is 12.3 Å². The molecule has 5 heterocycles. The maximum absolute atomic E-state index is 12.7. The number of imidazole rings is 1. The third-order valence-corrected chi connectivity index (χ3v) is 10.8. The Hall–Kier alpha value is -3.91. The third kappa shape index (κ3) is 7.41. The molecule has 2 saturated heterocycles. The number of aryl methyl sites for hydroxylation is 1. The molecule has 0 saturated carbocycles. The Balaban J connectivity index is 1.17. The van der Waals surface area contributed by atoms with Crippen molar-refractivity contribution in [2.75, 3.05) is 31.2 Å². The molecule has 12 nitrogen and oxygen atoms in total. The standard InChI is InChI=1S/C36H43ClN6O6S/c1-7-47-33(45)24-10-8-23(9-11-24)25-18-43-15-12-27(28(37)31(43)39-25)50-32-21(2)38-30(26(19-44)40-32)42-16-13-36(14-17-42)20-48-22(3)29(36)41-34(46)49-35(4,5)6/h8-12,15,18,22,29,44H,7,13-14,16-17,19-20H2,1-6H3,(H,41,46)/t22-,29+/m0/s1. The molecule has 1 aromatic carbocycles. The lowest BCUT2D eigenvalue weighted by Crippen LogP contribution is -2.55. The van der Waals surface area contributed by atoms with Crippen molar-refractivity contribution in [2.24, 2.45) is 5.41 Å². The fourth-order valence-corrected chi connectivity index (χ4v) is 7.79. The number of nitrogens with zero attached hydrogens (tertiary/aromatic N) is 5. The summed E-state index contributed by atoms with van der Waals surface area (Å²) in [7, 11) is 0. The number of esters is 1. The Bertz CT molecular complexity index is 1890. The average Bonchev–Trinajstić information content (AvgIpc) is 3.65. The summed E-state index contributed by atoms with van der Waals surface area (Å²) in [6.45, 7) is 13.2. The van der Waals surface area contributed by atoms with Crippen LogP contribution < -0.4 is 10.2 Å². The van der Waals surface area contributed by atoms with Crippen LogP contribution in [0.3, 0.4) is 0 Å². The van der Waals surface area contributed by atoms with Crippen molar-refractivity contribution in [3.63, 3.8) is 0 Å². The number of carbonyl (C=O) groups excluding carboxylic acids is 2. The summed E-state index contributed by atoms with van der Waals surface area (Å²) in [4.78, 5) is 42.2.